The van der Waals surface area contributed by atoms with E-state index in [0.717, 1.165) is 49.5 Å². The lowest BCUT2D eigenvalue weighted by atomic mass is 9.84. The Labute approximate surface area is 142 Å². The zero-order chi connectivity index (χ0) is 15.4. The van der Waals surface area contributed by atoms with Crippen LogP contribution >= 0.6 is 24.2 Å². The molecule has 0 atom stereocenters. The predicted molar refractivity (Wildman–Crippen MR) is 95.3 cm³/mol. The van der Waals surface area contributed by atoms with Gasteiger partial charge in [-0.05, 0) is 42.3 Å². The van der Waals surface area contributed by atoms with Crippen LogP contribution in [0.5, 0.6) is 0 Å². The van der Waals surface area contributed by atoms with Crippen molar-refractivity contribution in [3.8, 4) is 6.07 Å². The molecule has 3 rings (SSSR count). The van der Waals surface area contributed by atoms with E-state index < -0.39 is 0 Å². The molecule has 3 nitrogen and oxygen atoms in total. The van der Waals surface area contributed by atoms with Crippen molar-refractivity contribution in [1.82, 2.24) is 9.62 Å². The van der Waals surface area contributed by atoms with Crippen molar-refractivity contribution in [3.05, 3.63) is 35.4 Å². The highest BCUT2D eigenvalue weighted by Gasteiger charge is 2.32. The molecule has 0 amide bonds. The van der Waals surface area contributed by atoms with Gasteiger partial charge in [-0.3, -0.25) is 0 Å². The number of fused-ring (bicyclic) bond motifs is 1. The maximum atomic E-state index is 9.51. The second kappa shape index (κ2) is 6.99. The van der Waals surface area contributed by atoms with Crippen molar-refractivity contribution < 1.29 is 0 Å². The van der Waals surface area contributed by atoms with Crippen molar-refractivity contribution in [2.45, 2.75) is 50.6 Å². The molecule has 0 bridgehead atoms. The number of benzene rings is 1. The van der Waals surface area contributed by atoms with Gasteiger partial charge in [0.1, 0.15) is 5.54 Å². The van der Waals surface area contributed by atoms with Crippen LogP contribution in [-0.4, -0.2) is 21.3 Å². The van der Waals surface area contributed by atoms with Gasteiger partial charge in [0.05, 0.1) is 6.07 Å². The Morgan fingerprint density at radius 2 is 1.95 bits per heavy atom. The SMILES string of the molecule is N#CC1(NSC(=S)N2CCc3ccccc3C2)CCCCC1. The molecule has 1 aliphatic carbocycles. The summed E-state index contributed by atoms with van der Waals surface area (Å²) in [6.45, 7) is 1.84. The molecule has 1 N–H and O–H groups in total. The van der Waals surface area contributed by atoms with Gasteiger partial charge in [0, 0.05) is 13.1 Å². The molecule has 0 spiro atoms. The summed E-state index contributed by atoms with van der Waals surface area (Å²) in [4.78, 5) is 2.24. The smallest absolute Gasteiger partial charge is 0.151 e. The fraction of sp³-hybridized carbons (Fsp3) is 0.529. The first-order valence-electron chi connectivity index (χ1n) is 7.93. The zero-order valence-corrected chi connectivity index (χ0v) is 14.3. The van der Waals surface area contributed by atoms with E-state index in [2.05, 4.69) is 40.0 Å². The van der Waals surface area contributed by atoms with E-state index >= 15 is 0 Å². The molecular formula is C17H21N3S2. The number of hydrogen-bond donors (Lipinski definition) is 1. The molecule has 0 saturated heterocycles. The Morgan fingerprint density at radius 1 is 1.23 bits per heavy atom. The topological polar surface area (TPSA) is 39.1 Å². The Balaban J connectivity index is 1.58. The van der Waals surface area contributed by atoms with E-state index in [4.69, 9.17) is 12.2 Å². The van der Waals surface area contributed by atoms with Crippen molar-refractivity contribution >= 4 is 28.5 Å². The van der Waals surface area contributed by atoms with E-state index in [1.54, 1.807) is 0 Å². The van der Waals surface area contributed by atoms with Gasteiger partial charge in [-0.25, -0.2) is 4.72 Å². The van der Waals surface area contributed by atoms with E-state index in [0.29, 0.717) is 0 Å². The Bertz CT molecular complexity index is 588. The Hall–Kier alpha value is -1.09. The summed E-state index contributed by atoms with van der Waals surface area (Å²) in [5, 5.41) is 9.51. The van der Waals surface area contributed by atoms with Crippen LogP contribution in [0.25, 0.3) is 0 Å². The summed E-state index contributed by atoms with van der Waals surface area (Å²) in [7, 11) is 0. The van der Waals surface area contributed by atoms with Crippen LogP contribution in [0.3, 0.4) is 0 Å². The minimum atomic E-state index is -0.388. The van der Waals surface area contributed by atoms with E-state index in [-0.39, 0.29) is 5.54 Å². The van der Waals surface area contributed by atoms with Gasteiger partial charge in [-0.1, -0.05) is 55.7 Å². The van der Waals surface area contributed by atoms with Gasteiger partial charge in [0.25, 0.3) is 0 Å². The van der Waals surface area contributed by atoms with Crippen LogP contribution < -0.4 is 4.72 Å². The summed E-state index contributed by atoms with van der Waals surface area (Å²) >= 11 is 7.06. The van der Waals surface area contributed by atoms with Crippen molar-refractivity contribution in [1.29, 1.82) is 5.26 Å². The highest BCUT2D eigenvalue weighted by Crippen LogP contribution is 2.30. The molecule has 1 aromatic carbocycles. The summed E-state index contributed by atoms with van der Waals surface area (Å²) in [6, 6.07) is 11.1. The monoisotopic (exact) mass is 331 g/mol. The predicted octanol–water partition coefficient (Wildman–Crippen LogP) is 3.79. The maximum absolute atomic E-state index is 9.51. The summed E-state index contributed by atoms with van der Waals surface area (Å²) in [6.07, 6.45) is 6.41. The third-order valence-corrected chi connectivity index (χ3v) is 6.08. The molecule has 1 saturated carbocycles. The fourth-order valence-corrected chi connectivity index (χ4v) is 4.35. The molecule has 1 aromatic rings. The van der Waals surface area contributed by atoms with E-state index in [9.17, 15) is 5.26 Å². The van der Waals surface area contributed by atoms with Crippen molar-refractivity contribution in [2.75, 3.05) is 6.54 Å². The molecule has 1 aliphatic heterocycles. The number of nitriles is 1. The van der Waals surface area contributed by atoms with Gasteiger partial charge < -0.3 is 4.90 Å². The van der Waals surface area contributed by atoms with Crippen LogP contribution in [0.4, 0.5) is 0 Å². The third-order valence-electron chi connectivity index (χ3n) is 4.64. The van der Waals surface area contributed by atoms with E-state index in [1.807, 2.05) is 0 Å². The standard InChI is InChI=1S/C17H21N3S2/c18-13-17(9-4-1-5-10-17)19-22-16(21)20-11-8-14-6-2-3-7-15(14)12-20/h2-3,6-7,19H,1,4-5,8-12H2. The Kier molecular flexibility index (Phi) is 5.02. The van der Waals surface area contributed by atoms with Crippen molar-refractivity contribution in [3.63, 3.8) is 0 Å². The summed E-state index contributed by atoms with van der Waals surface area (Å²) < 4.78 is 4.23. The summed E-state index contributed by atoms with van der Waals surface area (Å²) in [5.74, 6) is 0. The van der Waals surface area contributed by atoms with Gasteiger partial charge in [-0.2, -0.15) is 5.26 Å². The van der Waals surface area contributed by atoms with Gasteiger partial charge >= 0.3 is 0 Å². The van der Waals surface area contributed by atoms with Crippen LogP contribution in [0.2, 0.25) is 0 Å². The lowest BCUT2D eigenvalue weighted by molar-refractivity contribution is 0.347. The highest BCUT2D eigenvalue weighted by molar-refractivity contribution is 8.21. The molecule has 22 heavy (non-hydrogen) atoms. The number of rotatable bonds is 2. The lowest BCUT2D eigenvalue weighted by Gasteiger charge is -2.34. The molecule has 1 heterocycles. The minimum absolute atomic E-state index is 0.388. The maximum Gasteiger partial charge on any atom is 0.151 e. The average Bonchev–Trinajstić information content (AvgIpc) is 2.60. The van der Waals surface area contributed by atoms with Crippen molar-refractivity contribution in [2.24, 2.45) is 0 Å². The zero-order valence-electron chi connectivity index (χ0n) is 12.7. The first-order valence-corrected chi connectivity index (χ1v) is 9.16. The quantitative estimate of drug-likeness (QED) is 0.659. The van der Waals surface area contributed by atoms with Crippen LogP contribution in [-0.2, 0) is 13.0 Å². The molecule has 5 heteroatoms. The molecule has 2 aliphatic rings. The Morgan fingerprint density at radius 3 is 2.68 bits per heavy atom. The average molecular weight is 332 g/mol. The largest absolute Gasteiger partial charge is 0.352 e. The van der Waals surface area contributed by atoms with Gasteiger partial charge in [-0.15, -0.1) is 0 Å². The third kappa shape index (κ3) is 3.45. The fourth-order valence-electron chi connectivity index (χ4n) is 3.25. The minimum Gasteiger partial charge on any atom is -0.352 e. The number of nitrogens with one attached hydrogen (secondary N) is 1. The van der Waals surface area contributed by atoms with Gasteiger partial charge in [0.15, 0.2) is 4.32 Å². The number of nitrogens with zero attached hydrogens (tertiary/aromatic N) is 2. The second-order valence-corrected chi connectivity index (χ2v) is 7.60. The molecule has 116 valence electrons. The van der Waals surface area contributed by atoms with E-state index in [1.165, 1.54) is 29.5 Å². The van der Waals surface area contributed by atoms with Crippen LogP contribution in [0.15, 0.2) is 24.3 Å². The molecule has 0 radical (unpaired) electrons. The first-order chi connectivity index (χ1) is 10.7. The molecule has 1 fully saturated rings. The molecular weight excluding hydrogens is 310 g/mol. The number of thiocarbonyl (C=S) groups is 1. The normalized spacial score (nSPS) is 20.0. The number of hydrogen-bond acceptors (Lipinski definition) is 4. The van der Waals surface area contributed by atoms with Crippen LogP contribution in [0, 0.1) is 11.3 Å². The first kappa shape index (κ1) is 15.8. The lowest BCUT2D eigenvalue weighted by Crippen LogP contribution is -2.44. The molecule has 0 unspecified atom stereocenters. The van der Waals surface area contributed by atoms with Crippen LogP contribution in [0.1, 0.15) is 43.2 Å². The summed E-state index contributed by atoms with van der Waals surface area (Å²) in [5.41, 5.74) is 2.41. The molecule has 0 aromatic heterocycles. The highest BCUT2D eigenvalue weighted by atomic mass is 32.2. The second-order valence-electron chi connectivity index (χ2n) is 6.16. The van der Waals surface area contributed by atoms with Gasteiger partial charge in [0.2, 0.25) is 0 Å².